The van der Waals surface area contributed by atoms with Crippen LogP contribution < -0.4 is 15.8 Å². The number of nitrogens with one attached hydrogen (secondary N) is 1. The minimum Gasteiger partial charge on any atom is -0.497 e. The highest BCUT2D eigenvalue weighted by atomic mass is 32.2. The number of anilines is 2. The van der Waals surface area contributed by atoms with E-state index in [9.17, 15) is 0 Å². The second-order valence-corrected chi connectivity index (χ2v) is 6.14. The van der Waals surface area contributed by atoms with Crippen LogP contribution in [0.5, 0.6) is 5.75 Å². The van der Waals surface area contributed by atoms with E-state index in [2.05, 4.69) is 12.2 Å². The van der Waals surface area contributed by atoms with Gasteiger partial charge in [-0.05, 0) is 30.7 Å². The van der Waals surface area contributed by atoms with Crippen molar-refractivity contribution in [1.82, 2.24) is 0 Å². The van der Waals surface area contributed by atoms with Crippen LogP contribution in [0.25, 0.3) is 0 Å². The van der Waals surface area contributed by atoms with Gasteiger partial charge in [-0.3, -0.25) is 0 Å². The van der Waals surface area contributed by atoms with E-state index in [-0.39, 0.29) is 0 Å². The Bertz CT molecular complexity index is 397. The first kappa shape index (κ1) is 13.4. The maximum atomic E-state index is 6.02. The molecule has 0 aromatic heterocycles. The fourth-order valence-electron chi connectivity index (χ4n) is 2.49. The molecule has 1 saturated carbocycles. The minimum atomic E-state index is 0.532. The topological polar surface area (TPSA) is 47.3 Å². The smallest absolute Gasteiger partial charge is 0.121 e. The van der Waals surface area contributed by atoms with Crippen molar-refractivity contribution in [2.75, 3.05) is 23.9 Å². The summed E-state index contributed by atoms with van der Waals surface area (Å²) in [6.07, 6.45) is 3.84. The van der Waals surface area contributed by atoms with Crippen LogP contribution in [0.15, 0.2) is 18.2 Å². The van der Waals surface area contributed by atoms with Gasteiger partial charge in [-0.15, -0.1) is 0 Å². The number of rotatable bonds is 5. The van der Waals surface area contributed by atoms with Crippen molar-refractivity contribution in [3.8, 4) is 5.75 Å². The highest BCUT2D eigenvalue weighted by molar-refractivity contribution is 7.99. The van der Waals surface area contributed by atoms with E-state index in [4.69, 9.17) is 10.5 Å². The molecule has 0 heterocycles. The lowest BCUT2D eigenvalue weighted by molar-refractivity contribution is 0.415. The molecule has 1 aromatic carbocycles. The zero-order valence-corrected chi connectivity index (χ0v) is 11.9. The summed E-state index contributed by atoms with van der Waals surface area (Å²) in [5.74, 6) is 2.03. The van der Waals surface area contributed by atoms with Gasteiger partial charge < -0.3 is 15.8 Å². The Morgan fingerprint density at radius 2 is 2.28 bits per heavy atom. The van der Waals surface area contributed by atoms with Crippen molar-refractivity contribution in [1.29, 1.82) is 0 Å². The van der Waals surface area contributed by atoms with Crippen molar-refractivity contribution >= 4 is 23.1 Å². The molecule has 0 aliphatic heterocycles. The van der Waals surface area contributed by atoms with Gasteiger partial charge in [0.05, 0.1) is 18.5 Å². The normalized spacial score (nSPS) is 23.0. The van der Waals surface area contributed by atoms with Crippen molar-refractivity contribution < 1.29 is 4.74 Å². The molecule has 18 heavy (non-hydrogen) atoms. The number of methoxy groups -OCH3 is 1. The third-order valence-electron chi connectivity index (χ3n) is 3.43. The largest absolute Gasteiger partial charge is 0.497 e. The Labute approximate surface area is 113 Å². The lowest BCUT2D eigenvalue weighted by Crippen LogP contribution is -2.26. The van der Waals surface area contributed by atoms with E-state index in [0.29, 0.717) is 11.3 Å². The number of hydrogen-bond donors (Lipinski definition) is 2. The lowest BCUT2D eigenvalue weighted by Gasteiger charge is -2.22. The number of nitrogen functional groups attached to an aromatic ring is 1. The molecular weight excluding hydrogens is 244 g/mol. The number of thioether (sulfide) groups is 1. The predicted molar refractivity (Wildman–Crippen MR) is 80.6 cm³/mol. The standard InChI is InChI=1S/C14H22N2OS/c1-3-18-14-6-4-5-12(14)16-13-9-10(17-2)7-8-11(13)15/h7-9,12,14,16H,3-6,15H2,1-2H3. The highest BCUT2D eigenvalue weighted by Crippen LogP contribution is 2.34. The maximum absolute atomic E-state index is 6.02. The van der Waals surface area contributed by atoms with E-state index >= 15 is 0 Å². The van der Waals surface area contributed by atoms with Crippen LogP contribution in [-0.2, 0) is 0 Å². The molecule has 1 fully saturated rings. The van der Waals surface area contributed by atoms with E-state index in [1.807, 2.05) is 30.0 Å². The molecule has 1 aliphatic carbocycles. The summed E-state index contributed by atoms with van der Waals surface area (Å²) in [5.41, 5.74) is 7.81. The highest BCUT2D eigenvalue weighted by Gasteiger charge is 2.27. The Balaban J connectivity index is 2.08. The monoisotopic (exact) mass is 266 g/mol. The summed E-state index contributed by atoms with van der Waals surface area (Å²) in [6, 6.07) is 6.32. The molecule has 0 bridgehead atoms. The quantitative estimate of drug-likeness (QED) is 0.802. The molecule has 0 spiro atoms. The van der Waals surface area contributed by atoms with Crippen molar-refractivity contribution in [2.24, 2.45) is 0 Å². The van der Waals surface area contributed by atoms with Crippen LogP contribution in [-0.4, -0.2) is 24.2 Å². The van der Waals surface area contributed by atoms with Gasteiger partial charge in [-0.1, -0.05) is 13.3 Å². The van der Waals surface area contributed by atoms with Gasteiger partial charge in [0, 0.05) is 17.4 Å². The molecule has 3 N–H and O–H groups in total. The molecule has 2 rings (SSSR count). The van der Waals surface area contributed by atoms with Gasteiger partial charge in [-0.25, -0.2) is 0 Å². The number of benzene rings is 1. The van der Waals surface area contributed by atoms with Crippen LogP contribution in [0.1, 0.15) is 26.2 Å². The minimum absolute atomic E-state index is 0.532. The van der Waals surface area contributed by atoms with Gasteiger partial charge in [-0.2, -0.15) is 11.8 Å². The van der Waals surface area contributed by atoms with Gasteiger partial charge in [0.15, 0.2) is 0 Å². The van der Waals surface area contributed by atoms with Crippen molar-refractivity contribution in [2.45, 2.75) is 37.5 Å². The first-order chi connectivity index (χ1) is 8.74. The molecule has 1 aliphatic rings. The van der Waals surface area contributed by atoms with Crippen LogP contribution >= 0.6 is 11.8 Å². The zero-order chi connectivity index (χ0) is 13.0. The summed E-state index contributed by atoms with van der Waals surface area (Å²) in [5, 5.41) is 4.30. The van der Waals surface area contributed by atoms with Crippen molar-refractivity contribution in [3.63, 3.8) is 0 Å². The third-order valence-corrected chi connectivity index (χ3v) is 4.76. The first-order valence-corrected chi connectivity index (χ1v) is 7.61. The van der Waals surface area contributed by atoms with Gasteiger partial charge in [0.25, 0.3) is 0 Å². The van der Waals surface area contributed by atoms with Crippen LogP contribution in [0, 0.1) is 0 Å². The molecule has 1 aromatic rings. The molecule has 0 radical (unpaired) electrons. The fraction of sp³-hybridized carbons (Fsp3) is 0.571. The fourth-order valence-corrected chi connectivity index (χ4v) is 3.69. The summed E-state index contributed by atoms with van der Waals surface area (Å²) in [4.78, 5) is 0. The Hall–Kier alpha value is -1.03. The Kier molecular flexibility index (Phi) is 4.64. The van der Waals surface area contributed by atoms with Crippen LogP contribution in [0.2, 0.25) is 0 Å². The number of ether oxygens (including phenoxy) is 1. The molecular formula is C14H22N2OS. The average Bonchev–Trinajstić information content (AvgIpc) is 2.80. The lowest BCUT2D eigenvalue weighted by atomic mass is 10.2. The zero-order valence-electron chi connectivity index (χ0n) is 11.1. The van der Waals surface area contributed by atoms with E-state index in [0.717, 1.165) is 17.1 Å². The predicted octanol–water partition coefficient (Wildman–Crippen LogP) is 3.36. The van der Waals surface area contributed by atoms with Gasteiger partial charge >= 0.3 is 0 Å². The molecule has 3 nitrogen and oxygen atoms in total. The Morgan fingerprint density at radius 3 is 3.00 bits per heavy atom. The van der Waals surface area contributed by atoms with E-state index in [1.165, 1.54) is 25.0 Å². The van der Waals surface area contributed by atoms with Crippen LogP contribution in [0.4, 0.5) is 11.4 Å². The van der Waals surface area contributed by atoms with E-state index in [1.54, 1.807) is 7.11 Å². The SMILES string of the molecule is CCSC1CCCC1Nc1cc(OC)ccc1N. The molecule has 2 atom stereocenters. The summed E-state index contributed by atoms with van der Waals surface area (Å²) in [7, 11) is 1.68. The molecule has 0 amide bonds. The number of nitrogens with two attached hydrogens (primary N) is 1. The van der Waals surface area contributed by atoms with Gasteiger partial charge in [0.2, 0.25) is 0 Å². The van der Waals surface area contributed by atoms with Gasteiger partial charge in [0.1, 0.15) is 5.75 Å². The summed E-state index contributed by atoms with van der Waals surface area (Å²) in [6.45, 7) is 2.22. The average molecular weight is 266 g/mol. The molecule has 2 unspecified atom stereocenters. The maximum Gasteiger partial charge on any atom is 0.121 e. The second kappa shape index (κ2) is 6.23. The summed E-state index contributed by atoms with van der Waals surface area (Å²) < 4.78 is 5.25. The first-order valence-electron chi connectivity index (χ1n) is 6.56. The third kappa shape index (κ3) is 3.05. The summed E-state index contributed by atoms with van der Waals surface area (Å²) >= 11 is 2.05. The van der Waals surface area contributed by atoms with Crippen molar-refractivity contribution in [3.05, 3.63) is 18.2 Å². The molecule has 100 valence electrons. The second-order valence-electron chi connectivity index (χ2n) is 4.63. The molecule has 4 heteroatoms. The van der Waals surface area contributed by atoms with Crippen LogP contribution in [0.3, 0.4) is 0 Å². The Morgan fingerprint density at radius 1 is 1.44 bits per heavy atom. The number of hydrogen-bond acceptors (Lipinski definition) is 4. The molecule has 0 saturated heterocycles. The van der Waals surface area contributed by atoms with E-state index < -0.39 is 0 Å².